The Bertz CT molecular complexity index is 1230. The summed E-state index contributed by atoms with van der Waals surface area (Å²) in [6.07, 6.45) is 4.01. The first-order chi connectivity index (χ1) is 14.3. The van der Waals surface area contributed by atoms with Gasteiger partial charge < -0.3 is 5.11 Å². The smallest absolute Gasteiger partial charge is 0.295 e. The van der Waals surface area contributed by atoms with Gasteiger partial charge in [0.25, 0.3) is 5.69 Å². The Labute approximate surface area is 168 Å². The number of hydrogen-bond acceptors (Lipinski definition) is 6. The van der Waals surface area contributed by atoms with Crippen LogP contribution in [0.25, 0.3) is 10.9 Å². The molecule has 0 aliphatic rings. The highest BCUT2D eigenvalue weighted by molar-refractivity contribution is 5.87. The molecule has 2 aromatic heterocycles. The third-order valence-corrected chi connectivity index (χ3v) is 5.12. The van der Waals surface area contributed by atoms with Crippen molar-refractivity contribution in [1.82, 2.24) is 24.5 Å². The van der Waals surface area contributed by atoms with Crippen LogP contribution in [0.1, 0.15) is 18.5 Å². The van der Waals surface area contributed by atoms with Crippen LogP contribution >= 0.6 is 0 Å². The average molecular weight is 414 g/mol. The van der Waals surface area contributed by atoms with Gasteiger partial charge in [-0.25, -0.2) is 18.4 Å². The number of rotatable bonds is 6. The van der Waals surface area contributed by atoms with Gasteiger partial charge in [0.1, 0.15) is 35.4 Å². The maximum Gasteiger partial charge on any atom is 0.295 e. The molecule has 11 heteroatoms. The number of non-ortho nitro benzene ring substituents is 1. The fourth-order valence-corrected chi connectivity index (χ4v) is 3.57. The first-order valence-electron chi connectivity index (χ1n) is 8.92. The maximum absolute atomic E-state index is 14.7. The summed E-state index contributed by atoms with van der Waals surface area (Å²) >= 11 is 0. The van der Waals surface area contributed by atoms with Crippen LogP contribution in [0.4, 0.5) is 14.5 Å². The zero-order valence-corrected chi connectivity index (χ0v) is 15.7. The highest BCUT2D eigenvalue weighted by atomic mass is 19.1. The van der Waals surface area contributed by atoms with Crippen molar-refractivity contribution in [3.63, 3.8) is 0 Å². The van der Waals surface area contributed by atoms with Crippen LogP contribution in [-0.2, 0) is 12.1 Å². The summed E-state index contributed by atoms with van der Waals surface area (Å²) in [6, 6.07) is 6.33. The Kier molecular flexibility index (Phi) is 4.74. The maximum atomic E-state index is 14.7. The van der Waals surface area contributed by atoms with Crippen LogP contribution in [0, 0.1) is 21.7 Å². The molecule has 154 valence electrons. The first-order valence-corrected chi connectivity index (χ1v) is 8.92. The molecule has 0 fully saturated rings. The number of nitro groups is 1. The lowest BCUT2D eigenvalue weighted by Crippen LogP contribution is -2.41. The van der Waals surface area contributed by atoms with Gasteiger partial charge in [-0.3, -0.25) is 14.8 Å². The molecule has 0 spiro atoms. The second kappa shape index (κ2) is 7.26. The van der Waals surface area contributed by atoms with E-state index in [2.05, 4.69) is 15.2 Å². The van der Waals surface area contributed by atoms with Gasteiger partial charge in [0, 0.05) is 23.1 Å². The van der Waals surface area contributed by atoms with E-state index in [-0.39, 0.29) is 23.3 Å². The van der Waals surface area contributed by atoms with Gasteiger partial charge in [-0.05, 0) is 13.0 Å². The van der Waals surface area contributed by atoms with Crippen LogP contribution in [0.15, 0.2) is 55.2 Å². The lowest BCUT2D eigenvalue weighted by atomic mass is 9.86. The van der Waals surface area contributed by atoms with Crippen LogP contribution in [0.5, 0.6) is 0 Å². The predicted octanol–water partition coefficient (Wildman–Crippen LogP) is 2.96. The molecule has 1 N–H and O–H groups in total. The monoisotopic (exact) mass is 414 g/mol. The van der Waals surface area contributed by atoms with Gasteiger partial charge >= 0.3 is 0 Å². The molecule has 0 bridgehead atoms. The standard InChI is InChI=1S/C19H16F2N6O3/c1-12(26-18-13(8-23-26)3-2-4-17(18)27(29)30)19(28,9-25-11-22-10-24-25)15-6-5-14(20)7-16(15)21/h2-8,10-12,28H,9H2,1H3/t12-,19-/m1/s1. The van der Waals surface area contributed by atoms with Crippen molar-refractivity contribution in [2.45, 2.75) is 25.1 Å². The van der Waals surface area contributed by atoms with Gasteiger partial charge in [-0.2, -0.15) is 10.2 Å². The fourth-order valence-electron chi connectivity index (χ4n) is 3.57. The zero-order valence-electron chi connectivity index (χ0n) is 15.7. The molecule has 9 nitrogen and oxygen atoms in total. The second-order valence-electron chi connectivity index (χ2n) is 6.88. The molecule has 0 amide bonds. The molecule has 0 saturated heterocycles. The third kappa shape index (κ3) is 3.18. The van der Waals surface area contributed by atoms with Gasteiger partial charge in [0.05, 0.1) is 23.7 Å². The average Bonchev–Trinajstić information content (AvgIpc) is 3.36. The van der Waals surface area contributed by atoms with Crippen molar-refractivity contribution >= 4 is 16.6 Å². The largest absolute Gasteiger partial charge is 0.381 e. The lowest BCUT2D eigenvalue weighted by molar-refractivity contribution is -0.383. The quantitative estimate of drug-likeness (QED) is 0.384. The molecule has 4 rings (SSSR count). The Hall–Kier alpha value is -3.73. The Morgan fingerprint density at radius 2 is 2.07 bits per heavy atom. The van der Waals surface area contributed by atoms with Crippen molar-refractivity contribution in [3.05, 3.63) is 82.6 Å². The van der Waals surface area contributed by atoms with Crippen LogP contribution in [0.3, 0.4) is 0 Å². The van der Waals surface area contributed by atoms with Gasteiger partial charge in [0.15, 0.2) is 0 Å². The van der Waals surface area contributed by atoms with Gasteiger partial charge in [-0.15, -0.1) is 0 Å². The molecule has 0 radical (unpaired) electrons. The molecule has 0 aliphatic carbocycles. The number of para-hydroxylation sites is 1. The Morgan fingerprint density at radius 1 is 1.27 bits per heavy atom. The highest BCUT2D eigenvalue weighted by Gasteiger charge is 2.42. The summed E-state index contributed by atoms with van der Waals surface area (Å²) in [5.74, 6) is -1.76. The number of halogens is 2. The van der Waals surface area contributed by atoms with Crippen molar-refractivity contribution in [3.8, 4) is 0 Å². The van der Waals surface area contributed by atoms with E-state index in [0.29, 0.717) is 11.5 Å². The summed E-state index contributed by atoms with van der Waals surface area (Å²) in [4.78, 5) is 14.8. The predicted molar refractivity (Wildman–Crippen MR) is 101 cm³/mol. The number of benzene rings is 2. The highest BCUT2D eigenvalue weighted by Crippen LogP contribution is 2.39. The first kappa shape index (κ1) is 19.6. The normalized spacial score (nSPS) is 14.5. The molecule has 30 heavy (non-hydrogen) atoms. The summed E-state index contributed by atoms with van der Waals surface area (Å²) in [5.41, 5.74) is -2.23. The Balaban J connectivity index is 1.92. The molecule has 0 aliphatic heterocycles. The van der Waals surface area contributed by atoms with Gasteiger partial charge in [0.2, 0.25) is 0 Å². The molecular formula is C19H16F2N6O3. The zero-order chi connectivity index (χ0) is 21.5. The van der Waals surface area contributed by atoms with E-state index in [1.54, 1.807) is 13.0 Å². The SMILES string of the molecule is C[C@@H](n1ncc2cccc([N+](=O)[O-])c21)[C@](O)(Cn1cncn1)c1ccc(F)cc1F. The van der Waals surface area contributed by atoms with Crippen molar-refractivity contribution < 1.29 is 18.8 Å². The topological polar surface area (TPSA) is 112 Å². The van der Waals surface area contributed by atoms with Crippen LogP contribution in [0.2, 0.25) is 0 Å². The summed E-state index contributed by atoms with van der Waals surface area (Å²) in [7, 11) is 0. The van der Waals surface area contributed by atoms with Gasteiger partial charge in [-0.1, -0.05) is 18.2 Å². The number of fused-ring (bicyclic) bond motifs is 1. The summed E-state index contributed by atoms with van der Waals surface area (Å²) in [6.45, 7) is 1.29. The van der Waals surface area contributed by atoms with E-state index in [1.165, 1.54) is 40.3 Å². The Morgan fingerprint density at radius 3 is 2.73 bits per heavy atom. The number of aromatic nitrogens is 5. The fraction of sp³-hybridized carbons (Fsp3) is 0.211. The molecule has 2 aromatic carbocycles. The number of aliphatic hydroxyl groups is 1. The van der Waals surface area contributed by atoms with E-state index in [0.717, 1.165) is 12.1 Å². The molecule has 2 atom stereocenters. The van der Waals surface area contributed by atoms with Crippen molar-refractivity contribution in [2.75, 3.05) is 0 Å². The summed E-state index contributed by atoms with van der Waals surface area (Å²) in [5, 5.41) is 31.9. The lowest BCUT2D eigenvalue weighted by Gasteiger charge is -2.35. The number of nitrogens with zero attached hydrogens (tertiary/aromatic N) is 6. The molecule has 4 aromatic rings. The van der Waals surface area contributed by atoms with Crippen LogP contribution < -0.4 is 0 Å². The minimum atomic E-state index is -1.99. The molecule has 0 unspecified atom stereocenters. The molecular weight excluding hydrogens is 398 g/mol. The van der Waals surface area contributed by atoms with E-state index < -0.39 is 28.2 Å². The molecule has 2 heterocycles. The minimum Gasteiger partial charge on any atom is -0.381 e. The number of nitro benzene ring substituents is 1. The minimum absolute atomic E-state index is 0.175. The van der Waals surface area contributed by atoms with E-state index in [9.17, 15) is 24.0 Å². The van der Waals surface area contributed by atoms with Crippen molar-refractivity contribution in [2.24, 2.45) is 0 Å². The van der Waals surface area contributed by atoms with Crippen molar-refractivity contribution in [1.29, 1.82) is 0 Å². The second-order valence-corrected chi connectivity index (χ2v) is 6.88. The van der Waals surface area contributed by atoms with Crippen LogP contribution in [-0.4, -0.2) is 34.6 Å². The molecule has 0 saturated carbocycles. The number of hydrogen-bond donors (Lipinski definition) is 1. The van der Waals surface area contributed by atoms with E-state index in [4.69, 9.17) is 0 Å². The summed E-state index contributed by atoms with van der Waals surface area (Å²) < 4.78 is 30.8. The van der Waals surface area contributed by atoms with E-state index >= 15 is 0 Å². The third-order valence-electron chi connectivity index (χ3n) is 5.12. The van der Waals surface area contributed by atoms with E-state index in [1.807, 2.05) is 0 Å².